The van der Waals surface area contributed by atoms with Gasteiger partial charge in [-0.1, -0.05) is 13.0 Å². The summed E-state index contributed by atoms with van der Waals surface area (Å²) in [5.74, 6) is 0.551. The zero-order valence-corrected chi connectivity index (χ0v) is 13.0. The lowest BCUT2D eigenvalue weighted by atomic mass is 10.2. The highest BCUT2D eigenvalue weighted by Gasteiger charge is 2.38. The van der Waals surface area contributed by atoms with Gasteiger partial charge in [0.15, 0.2) is 21.3 Å². The minimum Gasteiger partial charge on any atom is -0.493 e. The second kappa shape index (κ2) is 6.64. The molecule has 1 saturated heterocycles. The van der Waals surface area contributed by atoms with Gasteiger partial charge in [-0.2, -0.15) is 0 Å². The van der Waals surface area contributed by atoms with Gasteiger partial charge in [-0.15, -0.1) is 0 Å². The number of sulfone groups is 1. The first kappa shape index (κ1) is 16.1. The van der Waals surface area contributed by atoms with Crippen LogP contribution in [0.5, 0.6) is 11.5 Å². The molecule has 0 aliphatic carbocycles. The lowest BCUT2D eigenvalue weighted by Gasteiger charge is -2.18. The number of benzene rings is 1. The molecule has 1 aliphatic heterocycles. The molecule has 2 N–H and O–H groups in total. The van der Waals surface area contributed by atoms with Gasteiger partial charge in [0.2, 0.25) is 0 Å². The van der Waals surface area contributed by atoms with E-state index in [0.717, 1.165) is 12.1 Å². The van der Waals surface area contributed by atoms with E-state index in [2.05, 4.69) is 5.32 Å². The predicted octanol–water partition coefficient (Wildman–Crippen LogP) is 0.341. The quantitative estimate of drug-likeness (QED) is 0.787. The summed E-state index contributed by atoms with van der Waals surface area (Å²) in [5.41, 5.74) is 1.04. The molecule has 2 rings (SSSR count). The largest absolute Gasteiger partial charge is 0.493 e. The minimum absolute atomic E-state index is 0.170. The summed E-state index contributed by atoms with van der Waals surface area (Å²) in [6.07, 6.45) is -1.75. The average Bonchev–Trinajstić information content (AvgIpc) is 2.70. The molecular formula is C14H21NO5S. The average molecular weight is 315 g/mol. The lowest BCUT2D eigenvalue weighted by Crippen LogP contribution is -2.29. The SMILES string of the molecule is CCNCc1ccc(OC2CS(=O)(=O)CC2O)c(OC)c1. The van der Waals surface area contributed by atoms with Crippen LogP contribution in [0, 0.1) is 0 Å². The second-order valence-electron chi connectivity index (χ2n) is 5.07. The molecule has 0 spiro atoms. The molecule has 1 aliphatic rings. The van der Waals surface area contributed by atoms with Crippen LogP contribution in [-0.2, 0) is 16.4 Å². The number of aliphatic hydroxyl groups is 1. The van der Waals surface area contributed by atoms with Crippen LogP contribution in [0.15, 0.2) is 18.2 Å². The van der Waals surface area contributed by atoms with Crippen LogP contribution in [0.3, 0.4) is 0 Å². The lowest BCUT2D eigenvalue weighted by molar-refractivity contribution is 0.0718. The number of aliphatic hydroxyl groups excluding tert-OH is 1. The van der Waals surface area contributed by atoms with E-state index in [1.807, 2.05) is 19.1 Å². The van der Waals surface area contributed by atoms with E-state index in [0.29, 0.717) is 18.0 Å². The van der Waals surface area contributed by atoms with E-state index in [1.54, 1.807) is 6.07 Å². The number of nitrogens with one attached hydrogen (secondary N) is 1. The standard InChI is InChI=1S/C14H21NO5S/c1-3-15-7-10-4-5-12(13(6-10)19-2)20-14-9-21(17,18)8-11(14)16/h4-6,11,14-16H,3,7-9H2,1-2H3. The van der Waals surface area contributed by atoms with Gasteiger partial charge < -0.3 is 19.9 Å². The summed E-state index contributed by atoms with van der Waals surface area (Å²) in [6, 6.07) is 5.47. The molecule has 0 bridgehead atoms. The molecule has 7 heteroatoms. The zero-order chi connectivity index (χ0) is 15.5. The van der Waals surface area contributed by atoms with E-state index in [4.69, 9.17) is 9.47 Å². The van der Waals surface area contributed by atoms with E-state index in [1.165, 1.54) is 7.11 Å². The molecule has 6 nitrogen and oxygen atoms in total. The van der Waals surface area contributed by atoms with Crippen molar-refractivity contribution in [3.05, 3.63) is 23.8 Å². The van der Waals surface area contributed by atoms with Crippen LogP contribution in [0.2, 0.25) is 0 Å². The van der Waals surface area contributed by atoms with Crippen LogP contribution < -0.4 is 14.8 Å². The first-order valence-corrected chi connectivity index (χ1v) is 8.70. The topological polar surface area (TPSA) is 84.9 Å². The maximum absolute atomic E-state index is 11.5. The van der Waals surface area contributed by atoms with E-state index in [-0.39, 0.29) is 11.5 Å². The molecule has 118 valence electrons. The van der Waals surface area contributed by atoms with Gasteiger partial charge in [0, 0.05) is 6.54 Å². The normalized spacial score (nSPS) is 24.0. The third-order valence-corrected chi connectivity index (χ3v) is 5.04. The van der Waals surface area contributed by atoms with Gasteiger partial charge in [0.1, 0.15) is 12.2 Å². The predicted molar refractivity (Wildman–Crippen MR) is 79.5 cm³/mol. The van der Waals surface area contributed by atoms with Crippen molar-refractivity contribution >= 4 is 9.84 Å². The highest BCUT2D eigenvalue weighted by Crippen LogP contribution is 2.31. The zero-order valence-electron chi connectivity index (χ0n) is 12.2. The third-order valence-electron chi connectivity index (χ3n) is 3.36. The van der Waals surface area contributed by atoms with Gasteiger partial charge in [0.05, 0.1) is 18.6 Å². The van der Waals surface area contributed by atoms with E-state index < -0.39 is 22.0 Å². The van der Waals surface area contributed by atoms with Crippen molar-refractivity contribution in [2.75, 3.05) is 25.2 Å². The number of ether oxygens (including phenoxy) is 2. The monoisotopic (exact) mass is 315 g/mol. The van der Waals surface area contributed by atoms with Crippen molar-refractivity contribution in [3.8, 4) is 11.5 Å². The summed E-state index contributed by atoms with van der Waals surface area (Å²) >= 11 is 0. The first-order chi connectivity index (χ1) is 9.95. The fourth-order valence-corrected chi connectivity index (χ4v) is 3.92. The van der Waals surface area contributed by atoms with Crippen molar-refractivity contribution in [2.45, 2.75) is 25.7 Å². The number of hydrogen-bond acceptors (Lipinski definition) is 6. The van der Waals surface area contributed by atoms with Crippen LogP contribution in [0.25, 0.3) is 0 Å². The molecule has 0 saturated carbocycles. The molecular weight excluding hydrogens is 294 g/mol. The van der Waals surface area contributed by atoms with Crippen molar-refractivity contribution in [1.29, 1.82) is 0 Å². The van der Waals surface area contributed by atoms with E-state index in [9.17, 15) is 13.5 Å². The molecule has 1 aromatic rings. The molecule has 0 radical (unpaired) electrons. The highest BCUT2D eigenvalue weighted by molar-refractivity contribution is 7.91. The maximum atomic E-state index is 11.5. The first-order valence-electron chi connectivity index (χ1n) is 6.88. The Kier molecular flexibility index (Phi) is 5.08. The Morgan fingerprint density at radius 3 is 2.67 bits per heavy atom. The molecule has 0 aromatic heterocycles. The highest BCUT2D eigenvalue weighted by atomic mass is 32.2. The Morgan fingerprint density at radius 1 is 1.33 bits per heavy atom. The van der Waals surface area contributed by atoms with Crippen molar-refractivity contribution in [2.24, 2.45) is 0 Å². The Labute approximate surface area is 125 Å². The fourth-order valence-electron chi connectivity index (χ4n) is 2.26. The van der Waals surface area contributed by atoms with Crippen LogP contribution in [-0.4, -0.2) is 50.9 Å². The Hall–Kier alpha value is -1.31. The van der Waals surface area contributed by atoms with Crippen LogP contribution in [0.4, 0.5) is 0 Å². The molecule has 2 unspecified atom stereocenters. The molecule has 2 atom stereocenters. The van der Waals surface area contributed by atoms with Crippen molar-refractivity contribution in [3.63, 3.8) is 0 Å². The summed E-state index contributed by atoms with van der Waals surface area (Å²) in [5, 5.41) is 13.0. The van der Waals surface area contributed by atoms with Gasteiger partial charge in [-0.25, -0.2) is 8.42 Å². The number of rotatable bonds is 6. The molecule has 0 amide bonds. The summed E-state index contributed by atoms with van der Waals surface area (Å²) in [4.78, 5) is 0. The smallest absolute Gasteiger partial charge is 0.161 e. The Bertz CT molecular complexity index is 587. The summed E-state index contributed by atoms with van der Waals surface area (Å²) in [6.45, 7) is 3.61. The Balaban J connectivity index is 2.13. The van der Waals surface area contributed by atoms with Gasteiger partial charge >= 0.3 is 0 Å². The minimum atomic E-state index is -3.23. The van der Waals surface area contributed by atoms with Crippen LogP contribution >= 0.6 is 0 Å². The number of methoxy groups -OCH3 is 1. The molecule has 1 aromatic carbocycles. The third kappa shape index (κ3) is 4.09. The van der Waals surface area contributed by atoms with Gasteiger partial charge in [-0.05, 0) is 24.2 Å². The summed E-state index contributed by atoms with van der Waals surface area (Å²) < 4.78 is 33.9. The Morgan fingerprint density at radius 2 is 2.10 bits per heavy atom. The van der Waals surface area contributed by atoms with Crippen LogP contribution in [0.1, 0.15) is 12.5 Å². The van der Waals surface area contributed by atoms with Crippen molar-refractivity contribution < 1.29 is 23.0 Å². The van der Waals surface area contributed by atoms with E-state index >= 15 is 0 Å². The second-order valence-corrected chi connectivity index (χ2v) is 7.22. The van der Waals surface area contributed by atoms with Gasteiger partial charge in [-0.3, -0.25) is 0 Å². The van der Waals surface area contributed by atoms with Crippen molar-refractivity contribution in [1.82, 2.24) is 5.32 Å². The fraction of sp³-hybridized carbons (Fsp3) is 0.571. The number of hydrogen-bond donors (Lipinski definition) is 2. The molecule has 21 heavy (non-hydrogen) atoms. The molecule has 1 fully saturated rings. The summed E-state index contributed by atoms with van der Waals surface area (Å²) in [7, 11) is -1.70. The molecule has 1 heterocycles. The van der Waals surface area contributed by atoms with Gasteiger partial charge in [0.25, 0.3) is 0 Å². The maximum Gasteiger partial charge on any atom is 0.161 e.